The molecule has 1 N–H and O–H groups in total. The highest BCUT2D eigenvalue weighted by Gasteiger charge is 2.25. The van der Waals surface area contributed by atoms with E-state index < -0.39 is 9.84 Å². The lowest BCUT2D eigenvalue weighted by Crippen LogP contribution is -2.43. The fourth-order valence-corrected chi connectivity index (χ4v) is 3.17. The van der Waals surface area contributed by atoms with Crippen LogP contribution in [-0.4, -0.2) is 55.5 Å². The van der Waals surface area contributed by atoms with Gasteiger partial charge in [-0.2, -0.15) is 0 Å². The third kappa shape index (κ3) is 3.59. The average molecular weight is 293 g/mol. The van der Waals surface area contributed by atoms with Crippen LogP contribution >= 0.6 is 0 Å². The lowest BCUT2D eigenvalue weighted by atomic mass is 10.1. The minimum absolute atomic E-state index is 0.0166. The molecular weight excluding hydrogens is 278 g/mol. The molecule has 106 valence electrons. The van der Waals surface area contributed by atoms with Crippen molar-refractivity contribution in [2.24, 2.45) is 0 Å². The van der Waals surface area contributed by atoms with E-state index in [2.05, 4.69) is 11.8 Å². The number of amides is 1. The average Bonchev–Trinajstić information content (AvgIpc) is 2.45. The van der Waals surface area contributed by atoms with Crippen molar-refractivity contribution in [1.82, 2.24) is 4.90 Å². The molecule has 0 saturated carbocycles. The second-order valence-electron chi connectivity index (χ2n) is 4.48. The van der Waals surface area contributed by atoms with E-state index in [1.54, 1.807) is 29.2 Å². The first kappa shape index (κ1) is 14.6. The van der Waals surface area contributed by atoms with E-state index in [9.17, 15) is 13.2 Å². The van der Waals surface area contributed by atoms with Crippen LogP contribution in [0, 0.1) is 11.8 Å². The van der Waals surface area contributed by atoms with Gasteiger partial charge in [0.2, 0.25) is 0 Å². The number of carbonyl (C=O) groups is 1. The van der Waals surface area contributed by atoms with E-state index in [-0.39, 0.29) is 37.1 Å². The van der Waals surface area contributed by atoms with Gasteiger partial charge in [-0.25, -0.2) is 8.42 Å². The van der Waals surface area contributed by atoms with Crippen LogP contribution in [0.25, 0.3) is 0 Å². The van der Waals surface area contributed by atoms with Gasteiger partial charge < -0.3 is 10.0 Å². The standard InChI is InChI=1S/C14H15NO4S/c16-8-2-4-12-3-1-5-13(11-12)14(17)15-6-9-20(18,19)10-7-15/h1,3,5,11,16H,6-10H2. The summed E-state index contributed by atoms with van der Waals surface area (Å²) in [6, 6.07) is 6.79. The maximum absolute atomic E-state index is 12.3. The summed E-state index contributed by atoms with van der Waals surface area (Å²) >= 11 is 0. The first-order valence-electron chi connectivity index (χ1n) is 6.21. The Morgan fingerprint density at radius 1 is 1.30 bits per heavy atom. The first-order valence-corrected chi connectivity index (χ1v) is 8.03. The second-order valence-corrected chi connectivity index (χ2v) is 6.79. The van der Waals surface area contributed by atoms with Crippen LogP contribution in [0.2, 0.25) is 0 Å². The molecule has 0 atom stereocenters. The third-order valence-electron chi connectivity index (χ3n) is 3.05. The monoisotopic (exact) mass is 293 g/mol. The van der Waals surface area contributed by atoms with Crippen LogP contribution in [0.5, 0.6) is 0 Å². The summed E-state index contributed by atoms with van der Waals surface area (Å²) in [5.41, 5.74) is 1.13. The van der Waals surface area contributed by atoms with E-state index in [1.807, 2.05) is 0 Å². The molecule has 0 spiro atoms. The number of hydrogen-bond acceptors (Lipinski definition) is 4. The van der Waals surface area contributed by atoms with Gasteiger partial charge >= 0.3 is 0 Å². The van der Waals surface area contributed by atoms with Crippen LogP contribution in [-0.2, 0) is 9.84 Å². The van der Waals surface area contributed by atoms with Crippen molar-refractivity contribution < 1.29 is 18.3 Å². The summed E-state index contributed by atoms with van der Waals surface area (Å²) in [6.45, 7) is 0.226. The smallest absolute Gasteiger partial charge is 0.253 e. The van der Waals surface area contributed by atoms with Gasteiger partial charge in [-0.3, -0.25) is 4.79 Å². The van der Waals surface area contributed by atoms with Crippen molar-refractivity contribution in [2.75, 3.05) is 31.2 Å². The second kappa shape index (κ2) is 6.07. The summed E-state index contributed by atoms with van der Waals surface area (Å²) < 4.78 is 22.7. The maximum Gasteiger partial charge on any atom is 0.253 e. The third-order valence-corrected chi connectivity index (χ3v) is 4.66. The van der Waals surface area contributed by atoms with Gasteiger partial charge in [0.1, 0.15) is 6.61 Å². The van der Waals surface area contributed by atoms with Gasteiger partial charge in [-0.05, 0) is 18.2 Å². The zero-order chi connectivity index (χ0) is 14.6. The van der Waals surface area contributed by atoms with E-state index in [0.29, 0.717) is 11.1 Å². The number of carbonyl (C=O) groups excluding carboxylic acids is 1. The molecule has 1 amide bonds. The first-order chi connectivity index (χ1) is 9.52. The van der Waals surface area contributed by atoms with Gasteiger partial charge in [0, 0.05) is 24.2 Å². The van der Waals surface area contributed by atoms with E-state index >= 15 is 0 Å². The van der Waals surface area contributed by atoms with Gasteiger partial charge in [-0.1, -0.05) is 17.9 Å². The minimum Gasteiger partial charge on any atom is -0.384 e. The Bertz CT molecular complexity index is 656. The molecule has 1 aromatic carbocycles. The molecule has 1 saturated heterocycles. The molecule has 0 unspecified atom stereocenters. The summed E-state index contributed by atoms with van der Waals surface area (Å²) in [4.78, 5) is 13.8. The van der Waals surface area contributed by atoms with Crippen molar-refractivity contribution in [3.8, 4) is 11.8 Å². The number of rotatable bonds is 1. The number of benzene rings is 1. The Morgan fingerprint density at radius 2 is 2.00 bits per heavy atom. The lowest BCUT2D eigenvalue weighted by molar-refractivity contribution is 0.0770. The molecule has 0 radical (unpaired) electrons. The van der Waals surface area contributed by atoms with Crippen LogP contribution in [0.3, 0.4) is 0 Å². The summed E-state index contributed by atoms with van der Waals surface area (Å²) in [5.74, 6) is 5.11. The zero-order valence-electron chi connectivity index (χ0n) is 10.9. The highest BCUT2D eigenvalue weighted by atomic mass is 32.2. The SMILES string of the molecule is O=C(c1cccc(C#CCO)c1)N1CCS(=O)(=O)CC1. The molecule has 6 heteroatoms. The Kier molecular flexibility index (Phi) is 4.42. The van der Waals surface area contributed by atoms with Gasteiger partial charge in [0.15, 0.2) is 9.84 Å². The Labute approximate surface area is 118 Å². The highest BCUT2D eigenvalue weighted by molar-refractivity contribution is 7.91. The molecule has 2 rings (SSSR count). The summed E-state index contributed by atoms with van der Waals surface area (Å²) in [5, 5.41) is 8.65. The fourth-order valence-electron chi connectivity index (χ4n) is 1.97. The van der Waals surface area contributed by atoms with Crippen molar-refractivity contribution in [2.45, 2.75) is 0 Å². The molecule has 20 heavy (non-hydrogen) atoms. The van der Waals surface area contributed by atoms with Crippen LogP contribution in [0.15, 0.2) is 24.3 Å². The molecule has 0 aromatic heterocycles. The number of aliphatic hydroxyl groups excluding tert-OH is 1. The van der Waals surface area contributed by atoms with Crippen LogP contribution in [0.1, 0.15) is 15.9 Å². The quantitative estimate of drug-likeness (QED) is 0.734. The van der Waals surface area contributed by atoms with Crippen molar-refractivity contribution >= 4 is 15.7 Å². The van der Waals surface area contributed by atoms with Gasteiger partial charge in [0.25, 0.3) is 5.91 Å². The molecule has 5 nitrogen and oxygen atoms in total. The Morgan fingerprint density at radius 3 is 2.65 bits per heavy atom. The number of sulfone groups is 1. The molecule has 1 aromatic rings. The number of hydrogen-bond donors (Lipinski definition) is 1. The molecule has 1 heterocycles. The molecule has 0 bridgehead atoms. The van der Waals surface area contributed by atoms with E-state index in [1.165, 1.54) is 0 Å². The molecule has 0 aliphatic carbocycles. The lowest BCUT2D eigenvalue weighted by Gasteiger charge is -2.26. The number of aliphatic hydroxyl groups is 1. The topological polar surface area (TPSA) is 74.7 Å². The predicted molar refractivity (Wildman–Crippen MR) is 75.0 cm³/mol. The van der Waals surface area contributed by atoms with E-state index in [4.69, 9.17) is 5.11 Å². The minimum atomic E-state index is -3.00. The van der Waals surface area contributed by atoms with Gasteiger partial charge in [-0.15, -0.1) is 0 Å². The van der Waals surface area contributed by atoms with Gasteiger partial charge in [0.05, 0.1) is 11.5 Å². The normalized spacial score (nSPS) is 17.1. The van der Waals surface area contributed by atoms with E-state index in [0.717, 1.165) is 0 Å². The Balaban J connectivity index is 2.13. The molecule has 1 aliphatic rings. The highest BCUT2D eigenvalue weighted by Crippen LogP contribution is 2.11. The molecular formula is C14H15NO4S. The van der Waals surface area contributed by atoms with Crippen LogP contribution in [0.4, 0.5) is 0 Å². The van der Waals surface area contributed by atoms with Crippen molar-refractivity contribution in [3.63, 3.8) is 0 Å². The van der Waals surface area contributed by atoms with Crippen LogP contribution < -0.4 is 0 Å². The summed E-state index contributed by atoms with van der Waals surface area (Å²) in [7, 11) is -3.00. The molecule has 1 fully saturated rings. The van der Waals surface area contributed by atoms with Crippen molar-refractivity contribution in [3.05, 3.63) is 35.4 Å². The Hall–Kier alpha value is -1.84. The summed E-state index contributed by atoms with van der Waals surface area (Å²) in [6.07, 6.45) is 0. The molecule has 1 aliphatic heterocycles. The largest absolute Gasteiger partial charge is 0.384 e. The number of nitrogens with zero attached hydrogens (tertiary/aromatic N) is 1. The fraction of sp³-hybridized carbons (Fsp3) is 0.357. The predicted octanol–water partition coefficient (Wildman–Crippen LogP) is -0.0990. The van der Waals surface area contributed by atoms with Crippen molar-refractivity contribution in [1.29, 1.82) is 0 Å². The maximum atomic E-state index is 12.3. The zero-order valence-corrected chi connectivity index (χ0v) is 11.7.